The van der Waals surface area contributed by atoms with Gasteiger partial charge in [-0.25, -0.2) is 14.8 Å². The average Bonchev–Trinajstić information content (AvgIpc) is 2.70. The van der Waals surface area contributed by atoms with Gasteiger partial charge in [-0.15, -0.1) is 0 Å². The van der Waals surface area contributed by atoms with E-state index >= 15 is 0 Å². The molecule has 33 heavy (non-hydrogen) atoms. The Morgan fingerprint density at radius 2 is 1.79 bits per heavy atom. The molecule has 176 valence electrons. The summed E-state index contributed by atoms with van der Waals surface area (Å²) in [6.45, 7) is 8.41. The lowest BCUT2D eigenvalue weighted by Crippen LogP contribution is -2.45. The zero-order chi connectivity index (χ0) is 24.9. The van der Waals surface area contributed by atoms with Crippen LogP contribution in [0.25, 0.3) is 0 Å². The summed E-state index contributed by atoms with van der Waals surface area (Å²) in [6.07, 6.45) is 0.705. The highest BCUT2D eigenvalue weighted by Gasteiger charge is 2.27. The third-order valence-corrected chi connectivity index (χ3v) is 4.67. The smallest absolute Gasteiger partial charge is 0.410 e. The number of aromatic nitrogens is 2. The van der Waals surface area contributed by atoms with Crippen LogP contribution in [0.2, 0.25) is 5.02 Å². The van der Waals surface area contributed by atoms with E-state index in [1.54, 1.807) is 33.8 Å². The Labute approximate surface area is 198 Å². The normalized spacial score (nSPS) is 11.9. The molecule has 0 saturated carbocycles. The number of rotatable bonds is 6. The third-order valence-electron chi connectivity index (χ3n) is 4.46. The van der Waals surface area contributed by atoms with E-state index in [4.69, 9.17) is 16.3 Å². The van der Waals surface area contributed by atoms with Crippen molar-refractivity contribution in [2.45, 2.75) is 46.3 Å². The molecule has 2 aromatic rings. The standard InChI is InChI=1S/C21H27BClN5O5/c1-11-7-14(23)10-24-17(11)19(30)27-16-9-13(22-32)8-15(25-16)26-18(29)12(2)28(6)20(31)33-21(3,4)5/h7-10,12,22,32H,1-6H3,(H2,25,26,27,29,30). The van der Waals surface area contributed by atoms with Crippen molar-refractivity contribution >= 4 is 54.1 Å². The Hall–Kier alpha value is -3.18. The molecule has 3 N–H and O–H groups in total. The summed E-state index contributed by atoms with van der Waals surface area (Å²) in [5, 5.41) is 15.2. The van der Waals surface area contributed by atoms with Gasteiger partial charge in [0.1, 0.15) is 29.0 Å². The second-order valence-corrected chi connectivity index (χ2v) is 8.87. The Morgan fingerprint density at radius 1 is 1.18 bits per heavy atom. The first kappa shape index (κ1) is 26.1. The predicted molar refractivity (Wildman–Crippen MR) is 127 cm³/mol. The highest BCUT2D eigenvalue weighted by atomic mass is 35.5. The molecule has 1 atom stereocenters. The summed E-state index contributed by atoms with van der Waals surface area (Å²) >= 11 is 5.88. The number of halogens is 1. The van der Waals surface area contributed by atoms with Crippen LogP contribution in [-0.4, -0.2) is 64.0 Å². The first-order chi connectivity index (χ1) is 15.3. The minimum Gasteiger partial charge on any atom is -0.449 e. The summed E-state index contributed by atoms with van der Waals surface area (Å²) in [6, 6.07) is 3.66. The predicted octanol–water partition coefficient (Wildman–Crippen LogP) is 1.85. The molecule has 0 spiro atoms. The van der Waals surface area contributed by atoms with Crippen molar-refractivity contribution in [3.05, 3.63) is 40.7 Å². The van der Waals surface area contributed by atoms with Crippen LogP contribution in [0.3, 0.4) is 0 Å². The van der Waals surface area contributed by atoms with Crippen LogP contribution in [-0.2, 0) is 9.53 Å². The number of ether oxygens (including phenoxy) is 1. The van der Waals surface area contributed by atoms with Gasteiger partial charge >= 0.3 is 13.6 Å². The molecule has 2 heterocycles. The molecule has 0 bridgehead atoms. The zero-order valence-corrected chi connectivity index (χ0v) is 20.1. The number of likely N-dealkylation sites (N-methyl/N-ethyl adjacent to an activating group) is 1. The number of pyridine rings is 2. The van der Waals surface area contributed by atoms with Crippen LogP contribution < -0.4 is 16.1 Å². The summed E-state index contributed by atoms with van der Waals surface area (Å²) in [5.41, 5.74) is 0.437. The Bertz CT molecular complexity index is 1060. The van der Waals surface area contributed by atoms with Gasteiger partial charge in [-0.05, 0) is 63.8 Å². The second-order valence-electron chi connectivity index (χ2n) is 8.43. The zero-order valence-electron chi connectivity index (χ0n) is 19.4. The molecule has 0 aliphatic carbocycles. The number of hydrogen-bond donors (Lipinski definition) is 3. The van der Waals surface area contributed by atoms with Crippen LogP contribution >= 0.6 is 11.6 Å². The molecule has 0 aromatic carbocycles. The number of carbonyl (C=O) groups is 3. The molecule has 10 nitrogen and oxygen atoms in total. The number of nitrogens with one attached hydrogen (secondary N) is 2. The Morgan fingerprint density at radius 3 is 2.33 bits per heavy atom. The van der Waals surface area contributed by atoms with Crippen molar-refractivity contribution in [1.29, 1.82) is 0 Å². The van der Waals surface area contributed by atoms with E-state index in [9.17, 15) is 19.4 Å². The summed E-state index contributed by atoms with van der Waals surface area (Å²) in [7, 11) is 1.10. The van der Waals surface area contributed by atoms with E-state index in [1.807, 2.05) is 0 Å². The largest absolute Gasteiger partial charge is 0.449 e. The van der Waals surface area contributed by atoms with Gasteiger partial charge in [-0.2, -0.15) is 0 Å². The molecular weight excluding hydrogens is 449 g/mol. The van der Waals surface area contributed by atoms with Crippen molar-refractivity contribution in [3.8, 4) is 0 Å². The van der Waals surface area contributed by atoms with Crippen molar-refractivity contribution < 1.29 is 24.1 Å². The fraction of sp³-hybridized carbons (Fsp3) is 0.381. The van der Waals surface area contributed by atoms with Gasteiger partial charge in [0.25, 0.3) is 5.91 Å². The van der Waals surface area contributed by atoms with Crippen LogP contribution in [0.15, 0.2) is 24.4 Å². The van der Waals surface area contributed by atoms with Crippen molar-refractivity contribution in [2.75, 3.05) is 17.7 Å². The molecule has 0 radical (unpaired) electrons. The molecular formula is C21H27BClN5O5. The van der Waals surface area contributed by atoms with Crippen LogP contribution in [0, 0.1) is 6.92 Å². The molecule has 2 aromatic heterocycles. The molecule has 0 fully saturated rings. The minimum atomic E-state index is -0.876. The molecule has 0 saturated heterocycles. The lowest BCUT2D eigenvalue weighted by Gasteiger charge is -2.28. The number of aryl methyl sites for hydroxylation is 1. The van der Waals surface area contributed by atoms with Crippen molar-refractivity contribution in [1.82, 2.24) is 14.9 Å². The lowest BCUT2D eigenvalue weighted by molar-refractivity contribution is -0.120. The van der Waals surface area contributed by atoms with Crippen molar-refractivity contribution in [3.63, 3.8) is 0 Å². The van der Waals surface area contributed by atoms with Gasteiger partial charge < -0.3 is 20.4 Å². The second kappa shape index (κ2) is 10.6. The SMILES string of the molecule is Cc1cc(Cl)cnc1C(=O)Nc1cc(BO)cc(NC(=O)C(C)N(C)C(=O)OC(C)(C)C)n1. The number of amides is 3. The summed E-state index contributed by atoms with van der Waals surface area (Å²) in [4.78, 5) is 46.9. The van der Waals surface area contributed by atoms with E-state index in [1.165, 1.54) is 32.3 Å². The van der Waals surface area contributed by atoms with E-state index in [2.05, 4.69) is 20.6 Å². The molecule has 0 aliphatic rings. The first-order valence-electron chi connectivity index (χ1n) is 10.1. The quantitative estimate of drug-likeness (QED) is 0.543. The highest BCUT2D eigenvalue weighted by molar-refractivity contribution is 6.45. The molecule has 3 amide bonds. The third kappa shape index (κ3) is 7.43. The van der Waals surface area contributed by atoms with E-state index in [0.29, 0.717) is 16.0 Å². The molecule has 0 aliphatic heterocycles. The summed E-state index contributed by atoms with van der Waals surface area (Å²) < 4.78 is 5.28. The number of hydrogen-bond acceptors (Lipinski definition) is 7. The Balaban J connectivity index is 2.17. The number of carbonyl (C=O) groups excluding carboxylic acids is 3. The van der Waals surface area contributed by atoms with Gasteiger partial charge in [-0.3, -0.25) is 14.5 Å². The molecule has 1 unspecified atom stereocenters. The lowest BCUT2D eigenvalue weighted by atomic mass is 9.89. The molecule has 12 heteroatoms. The maximum Gasteiger partial charge on any atom is 0.410 e. The van der Waals surface area contributed by atoms with Crippen LogP contribution in [0.5, 0.6) is 0 Å². The average molecular weight is 476 g/mol. The van der Waals surface area contributed by atoms with Gasteiger partial charge in [0.2, 0.25) is 5.91 Å². The fourth-order valence-electron chi connectivity index (χ4n) is 2.66. The minimum absolute atomic E-state index is 0.0899. The van der Waals surface area contributed by atoms with E-state index in [0.717, 1.165) is 4.90 Å². The van der Waals surface area contributed by atoms with Gasteiger partial charge in [0.15, 0.2) is 0 Å². The maximum absolute atomic E-state index is 12.7. The number of nitrogens with zero attached hydrogens (tertiary/aromatic N) is 3. The summed E-state index contributed by atoms with van der Waals surface area (Å²) in [5.74, 6) is -0.862. The topological polar surface area (TPSA) is 134 Å². The monoisotopic (exact) mass is 475 g/mol. The van der Waals surface area contributed by atoms with Crippen molar-refractivity contribution in [2.24, 2.45) is 0 Å². The number of anilines is 2. The van der Waals surface area contributed by atoms with E-state index in [-0.39, 0.29) is 24.8 Å². The van der Waals surface area contributed by atoms with E-state index < -0.39 is 29.6 Å². The first-order valence-corrected chi connectivity index (χ1v) is 10.5. The van der Waals surface area contributed by atoms with Gasteiger partial charge in [0.05, 0.1) is 5.02 Å². The van der Waals surface area contributed by atoms with Gasteiger partial charge in [0, 0.05) is 13.2 Å². The molecule has 2 rings (SSSR count). The fourth-order valence-corrected chi connectivity index (χ4v) is 2.87. The van der Waals surface area contributed by atoms with Crippen LogP contribution in [0.4, 0.5) is 16.4 Å². The Kier molecular flexibility index (Phi) is 8.40. The maximum atomic E-state index is 12.7. The van der Waals surface area contributed by atoms with Crippen LogP contribution in [0.1, 0.15) is 43.7 Å². The van der Waals surface area contributed by atoms with Gasteiger partial charge in [-0.1, -0.05) is 11.6 Å². The highest BCUT2D eigenvalue weighted by Crippen LogP contribution is 2.15.